The van der Waals surface area contributed by atoms with Gasteiger partial charge in [0.2, 0.25) is 6.79 Å². The van der Waals surface area contributed by atoms with Gasteiger partial charge in [-0.15, -0.1) is 0 Å². The summed E-state index contributed by atoms with van der Waals surface area (Å²) in [6.07, 6.45) is 0. The smallest absolute Gasteiger partial charge is 0.231 e. The first-order valence-electron chi connectivity index (χ1n) is 10.1. The number of fused-ring (bicyclic) bond motifs is 1. The standard InChI is InChI=1S/C24H22Cl2FNO4/c1-2-29-23-10-16(12-28-11-15-6-7-21-22(9-15)32-14-31-21)8-19(26)24(23)30-13-17-18(25)4-3-5-20(17)27/h3-10,28H,2,11-14H2,1H3. The second kappa shape index (κ2) is 10.3. The summed E-state index contributed by atoms with van der Waals surface area (Å²) in [5.74, 6) is 1.92. The minimum atomic E-state index is -0.434. The van der Waals surface area contributed by atoms with Crippen LogP contribution in [0.15, 0.2) is 48.5 Å². The van der Waals surface area contributed by atoms with Gasteiger partial charge in [-0.1, -0.05) is 35.3 Å². The Morgan fingerprint density at radius 3 is 2.56 bits per heavy atom. The molecule has 0 amide bonds. The Labute approximate surface area is 196 Å². The van der Waals surface area contributed by atoms with Crippen molar-refractivity contribution in [3.8, 4) is 23.0 Å². The van der Waals surface area contributed by atoms with Crippen molar-refractivity contribution in [2.45, 2.75) is 26.6 Å². The lowest BCUT2D eigenvalue weighted by Gasteiger charge is -2.16. The molecule has 8 heteroatoms. The molecule has 1 aliphatic heterocycles. The molecule has 0 radical (unpaired) electrons. The van der Waals surface area contributed by atoms with Gasteiger partial charge in [0.05, 0.1) is 16.7 Å². The molecule has 1 aliphatic rings. The van der Waals surface area contributed by atoms with Crippen LogP contribution in [-0.4, -0.2) is 13.4 Å². The van der Waals surface area contributed by atoms with Gasteiger partial charge in [0.1, 0.15) is 12.4 Å². The first kappa shape index (κ1) is 22.5. The van der Waals surface area contributed by atoms with Gasteiger partial charge in [0, 0.05) is 18.7 Å². The third-order valence-corrected chi connectivity index (χ3v) is 5.52. The van der Waals surface area contributed by atoms with Crippen molar-refractivity contribution in [1.29, 1.82) is 0 Å². The summed E-state index contributed by atoms with van der Waals surface area (Å²) in [7, 11) is 0. The number of hydrogen-bond donors (Lipinski definition) is 1. The quantitative estimate of drug-likeness (QED) is 0.401. The Balaban J connectivity index is 1.43. The van der Waals surface area contributed by atoms with Crippen LogP contribution in [0, 0.1) is 5.82 Å². The zero-order valence-corrected chi connectivity index (χ0v) is 18.9. The highest BCUT2D eigenvalue weighted by atomic mass is 35.5. The van der Waals surface area contributed by atoms with Crippen molar-refractivity contribution in [3.05, 3.63) is 81.1 Å². The largest absolute Gasteiger partial charge is 0.490 e. The highest BCUT2D eigenvalue weighted by Crippen LogP contribution is 2.38. The molecule has 0 aliphatic carbocycles. The van der Waals surface area contributed by atoms with Crippen molar-refractivity contribution >= 4 is 23.2 Å². The van der Waals surface area contributed by atoms with Gasteiger partial charge >= 0.3 is 0 Å². The van der Waals surface area contributed by atoms with Crippen molar-refractivity contribution in [2.24, 2.45) is 0 Å². The van der Waals surface area contributed by atoms with Crippen molar-refractivity contribution in [2.75, 3.05) is 13.4 Å². The number of rotatable bonds is 9. The first-order valence-corrected chi connectivity index (χ1v) is 10.9. The van der Waals surface area contributed by atoms with Crippen LogP contribution in [0.5, 0.6) is 23.0 Å². The van der Waals surface area contributed by atoms with E-state index >= 15 is 0 Å². The van der Waals surface area contributed by atoms with Gasteiger partial charge < -0.3 is 24.3 Å². The molecule has 0 atom stereocenters. The predicted molar refractivity (Wildman–Crippen MR) is 121 cm³/mol. The Morgan fingerprint density at radius 1 is 0.938 bits per heavy atom. The molecule has 3 aromatic rings. The molecule has 0 fully saturated rings. The zero-order chi connectivity index (χ0) is 22.5. The van der Waals surface area contributed by atoms with Crippen LogP contribution in [0.25, 0.3) is 0 Å². The Morgan fingerprint density at radius 2 is 1.75 bits per heavy atom. The first-order chi connectivity index (χ1) is 15.5. The van der Waals surface area contributed by atoms with Gasteiger partial charge in [0.25, 0.3) is 0 Å². The number of benzene rings is 3. The van der Waals surface area contributed by atoms with E-state index in [1.165, 1.54) is 6.07 Å². The van der Waals surface area contributed by atoms with Crippen molar-refractivity contribution < 1.29 is 23.3 Å². The third kappa shape index (κ3) is 5.21. The van der Waals surface area contributed by atoms with E-state index in [0.29, 0.717) is 41.2 Å². The number of nitrogens with one attached hydrogen (secondary N) is 1. The minimum Gasteiger partial charge on any atom is -0.490 e. The topological polar surface area (TPSA) is 49.0 Å². The van der Waals surface area contributed by atoms with E-state index in [0.717, 1.165) is 22.6 Å². The zero-order valence-electron chi connectivity index (χ0n) is 17.4. The Kier molecular flexibility index (Phi) is 7.25. The molecule has 0 unspecified atom stereocenters. The third-order valence-electron chi connectivity index (χ3n) is 4.89. The van der Waals surface area contributed by atoms with Crippen LogP contribution in [0.3, 0.4) is 0 Å². The molecule has 168 valence electrons. The molecular formula is C24H22Cl2FNO4. The summed E-state index contributed by atoms with van der Waals surface area (Å²) in [5, 5.41) is 4.05. The fraction of sp³-hybridized carbons (Fsp3) is 0.250. The lowest BCUT2D eigenvalue weighted by atomic mass is 10.1. The van der Waals surface area contributed by atoms with Crippen LogP contribution in [0.2, 0.25) is 10.0 Å². The summed E-state index contributed by atoms with van der Waals surface area (Å²) in [4.78, 5) is 0. The number of hydrogen-bond acceptors (Lipinski definition) is 5. The SMILES string of the molecule is CCOc1cc(CNCc2ccc3c(c2)OCO3)cc(Cl)c1OCc1c(F)cccc1Cl. The second-order valence-corrected chi connectivity index (χ2v) is 7.93. The van der Waals surface area contributed by atoms with Gasteiger partial charge in [-0.05, 0) is 54.4 Å². The average molecular weight is 478 g/mol. The van der Waals surface area contributed by atoms with Crippen molar-refractivity contribution in [1.82, 2.24) is 5.32 Å². The predicted octanol–water partition coefficient (Wildman–Crippen LogP) is 6.13. The number of ether oxygens (including phenoxy) is 4. The van der Waals surface area contributed by atoms with E-state index in [-0.39, 0.29) is 19.0 Å². The normalized spacial score (nSPS) is 12.1. The molecule has 0 aromatic heterocycles. The molecule has 4 rings (SSSR count). The molecule has 5 nitrogen and oxygen atoms in total. The van der Waals surface area contributed by atoms with Crippen molar-refractivity contribution in [3.63, 3.8) is 0 Å². The van der Waals surface area contributed by atoms with Gasteiger partial charge in [-0.3, -0.25) is 0 Å². The summed E-state index contributed by atoms with van der Waals surface area (Å²) < 4.78 is 36.4. The summed E-state index contributed by atoms with van der Waals surface area (Å²) in [6, 6.07) is 14.0. The lowest BCUT2D eigenvalue weighted by molar-refractivity contribution is 0.174. The molecule has 0 saturated carbocycles. The van der Waals surface area contributed by atoms with Crippen LogP contribution in [0.1, 0.15) is 23.6 Å². The van der Waals surface area contributed by atoms with Gasteiger partial charge in [0.15, 0.2) is 23.0 Å². The maximum Gasteiger partial charge on any atom is 0.231 e. The summed E-state index contributed by atoms with van der Waals surface area (Å²) in [5.41, 5.74) is 2.27. The Bertz CT molecular complexity index is 1090. The maximum atomic E-state index is 14.1. The molecule has 0 bridgehead atoms. The molecule has 0 spiro atoms. The van der Waals surface area contributed by atoms with Crippen LogP contribution in [0.4, 0.5) is 4.39 Å². The molecular weight excluding hydrogens is 456 g/mol. The molecule has 0 saturated heterocycles. The maximum absolute atomic E-state index is 14.1. The number of halogens is 3. The van der Waals surface area contributed by atoms with Gasteiger partial charge in [-0.25, -0.2) is 4.39 Å². The summed E-state index contributed by atoms with van der Waals surface area (Å²) >= 11 is 12.6. The van der Waals surface area contributed by atoms with Gasteiger partial charge in [-0.2, -0.15) is 0 Å². The van der Waals surface area contributed by atoms with E-state index in [2.05, 4.69) is 5.32 Å². The van der Waals surface area contributed by atoms with E-state index in [1.54, 1.807) is 18.2 Å². The van der Waals surface area contributed by atoms with E-state index in [1.807, 2.05) is 31.2 Å². The highest BCUT2D eigenvalue weighted by molar-refractivity contribution is 6.32. The fourth-order valence-electron chi connectivity index (χ4n) is 3.34. The van der Waals surface area contributed by atoms with E-state index in [4.69, 9.17) is 42.1 Å². The second-order valence-electron chi connectivity index (χ2n) is 7.12. The van der Waals surface area contributed by atoms with Crippen LogP contribution in [-0.2, 0) is 19.7 Å². The average Bonchev–Trinajstić information content (AvgIpc) is 3.23. The molecule has 3 aromatic carbocycles. The molecule has 1 heterocycles. The molecule has 1 N–H and O–H groups in total. The lowest BCUT2D eigenvalue weighted by Crippen LogP contribution is -2.13. The molecule has 32 heavy (non-hydrogen) atoms. The van der Waals surface area contributed by atoms with Crippen LogP contribution >= 0.6 is 23.2 Å². The monoisotopic (exact) mass is 477 g/mol. The minimum absolute atomic E-state index is 0.0625. The van der Waals surface area contributed by atoms with Crippen LogP contribution < -0.4 is 24.3 Å². The Hall–Kier alpha value is -2.67. The summed E-state index contributed by atoms with van der Waals surface area (Å²) in [6.45, 7) is 3.70. The fourth-order valence-corrected chi connectivity index (χ4v) is 3.85. The van der Waals surface area contributed by atoms with E-state index in [9.17, 15) is 4.39 Å². The van der Waals surface area contributed by atoms with E-state index < -0.39 is 5.82 Å². The highest BCUT2D eigenvalue weighted by Gasteiger charge is 2.16.